The second kappa shape index (κ2) is 7.59. The number of nitrogens with one attached hydrogen (secondary N) is 1. The van der Waals surface area contributed by atoms with Crippen LogP contribution in [0.2, 0.25) is 0 Å². The van der Waals surface area contributed by atoms with E-state index in [0.29, 0.717) is 34.8 Å². The molecule has 8 nitrogen and oxygen atoms in total. The highest BCUT2D eigenvalue weighted by Crippen LogP contribution is 2.21. The maximum atomic E-state index is 12.7. The summed E-state index contributed by atoms with van der Waals surface area (Å²) in [6.07, 6.45) is 2.25. The Morgan fingerprint density at radius 2 is 1.97 bits per heavy atom. The summed E-state index contributed by atoms with van der Waals surface area (Å²) >= 11 is 0. The van der Waals surface area contributed by atoms with Crippen LogP contribution in [0.5, 0.6) is 0 Å². The summed E-state index contributed by atoms with van der Waals surface area (Å²) in [5.74, 6) is -0.154. The number of hydrogen-bond acceptors (Lipinski definition) is 6. The number of furan rings is 1. The molecule has 3 heterocycles. The number of fused-ring (bicyclic) bond motifs is 1. The van der Waals surface area contributed by atoms with Gasteiger partial charge in [0, 0.05) is 17.4 Å². The Balaban J connectivity index is 1.62. The predicted octanol–water partition coefficient (Wildman–Crippen LogP) is 3.59. The second-order valence-electron chi connectivity index (χ2n) is 6.29. The van der Waals surface area contributed by atoms with E-state index in [1.54, 1.807) is 53.2 Å². The lowest BCUT2D eigenvalue weighted by Crippen LogP contribution is -2.16. The largest absolute Gasteiger partial charge is 0.465 e. The zero-order chi connectivity index (χ0) is 20.4. The maximum Gasteiger partial charge on any atom is 0.337 e. The fourth-order valence-corrected chi connectivity index (χ4v) is 2.95. The van der Waals surface area contributed by atoms with Crippen LogP contribution in [0.3, 0.4) is 0 Å². The Morgan fingerprint density at radius 3 is 2.62 bits per heavy atom. The minimum Gasteiger partial charge on any atom is -0.465 e. The van der Waals surface area contributed by atoms with E-state index in [1.807, 2.05) is 13.0 Å². The molecule has 1 aromatic carbocycles. The van der Waals surface area contributed by atoms with Gasteiger partial charge in [-0.1, -0.05) is 6.92 Å². The van der Waals surface area contributed by atoms with Gasteiger partial charge in [-0.3, -0.25) is 4.79 Å². The normalized spacial score (nSPS) is 10.8. The number of carbonyl (C=O) groups excluding carboxylic acids is 2. The Labute approximate surface area is 166 Å². The molecule has 0 aliphatic carbocycles. The third-order valence-electron chi connectivity index (χ3n) is 4.43. The molecule has 4 rings (SSSR count). The molecule has 8 heteroatoms. The first-order valence-corrected chi connectivity index (χ1v) is 9.02. The lowest BCUT2D eigenvalue weighted by atomic mass is 10.2. The molecule has 1 amide bonds. The molecule has 146 valence electrons. The van der Waals surface area contributed by atoms with Crippen LogP contribution < -0.4 is 5.32 Å². The Hall–Kier alpha value is -3.94. The zero-order valence-electron chi connectivity index (χ0n) is 15.9. The number of amides is 1. The van der Waals surface area contributed by atoms with Crippen molar-refractivity contribution >= 4 is 23.2 Å². The highest BCUT2D eigenvalue weighted by Gasteiger charge is 2.16. The standard InChI is InChI=1S/C21H18N4O4/c1-3-15-11-17(20(26)22-14-8-6-13(7-9-14)21(27)28-2)23-19-12-16(24-25(15)19)18-5-4-10-29-18/h4-12H,3H2,1-2H3,(H,22,26). The lowest BCUT2D eigenvalue weighted by molar-refractivity contribution is 0.0600. The number of carbonyl (C=O) groups is 2. The monoisotopic (exact) mass is 390 g/mol. The van der Waals surface area contributed by atoms with Gasteiger partial charge in [0.2, 0.25) is 0 Å². The number of rotatable bonds is 5. The number of aryl methyl sites for hydroxylation is 1. The van der Waals surface area contributed by atoms with Gasteiger partial charge < -0.3 is 14.5 Å². The molecule has 0 spiro atoms. The van der Waals surface area contributed by atoms with Gasteiger partial charge in [-0.15, -0.1) is 0 Å². The number of nitrogens with zero attached hydrogens (tertiary/aromatic N) is 3. The van der Waals surface area contributed by atoms with Crippen molar-refractivity contribution in [3.8, 4) is 11.5 Å². The topological polar surface area (TPSA) is 98.7 Å². The van der Waals surface area contributed by atoms with E-state index >= 15 is 0 Å². The number of aromatic nitrogens is 3. The first-order valence-electron chi connectivity index (χ1n) is 9.02. The van der Waals surface area contributed by atoms with Crippen LogP contribution in [0.1, 0.15) is 33.5 Å². The summed E-state index contributed by atoms with van der Waals surface area (Å²) in [5.41, 5.74) is 3.28. The first-order chi connectivity index (χ1) is 14.1. The van der Waals surface area contributed by atoms with E-state index in [2.05, 4.69) is 20.1 Å². The Morgan fingerprint density at radius 1 is 1.17 bits per heavy atom. The number of ether oxygens (including phenoxy) is 1. The van der Waals surface area contributed by atoms with Crippen LogP contribution in [-0.4, -0.2) is 33.6 Å². The van der Waals surface area contributed by atoms with Gasteiger partial charge in [0.05, 0.1) is 18.9 Å². The zero-order valence-corrected chi connectivity index (χ0v) is 15.9. The van der Waals surface area contributed by atoms with Gasteiger partial charge in [0.25, 0.3) is 5.91 Å². The summed E-state index contributed by atoms with van der Waals surface area (Å²) in [6.45, 7) is 1.98. The molecule has 0 aliphatic heterocycles. The number of benzene rings is 1. The van der Waals surface area contributed by atoms with Crippen molar-refractivity contribution in [1.29, 1.82) is 0 Å². The number of hydrogen-bond donors (Lipinski definition) is 1. The third-order valence-corrected chi connectivity index (χ3v) is 4.43. The van der Waals surface area contributed by atoms with E-state index in [4.69, 9.17) is 4.42 Å². The molecule has 0 saturated carbocycles. The van der Waals surface area contributed by atoms with Crippen LogP contribution in [0, 0.1) is 0 Å². The molecule has 0 atom stereocenters. The number of anilines is 1. The van der Waals surface area contributed by atoms with Gasteiger partial charge in [-0.05, 0) is 48.9 Å². The summed E-state index contributed by atoms with van der Waals surface area (Å²) in [7, 11) is 1.32. The summed E-state index contributed by atoms with van der Waals surface area (Å²) in [5, 5.41) is 7.32. The fraction of sp³-hybridized carbons (Fsp3) is 0.143. The second-order valence-corrected chi connectivity index (χ2v) is 6.29. The van der Waals surface area contributed by atoms with E-state index in [9.17, 15) is 9.59 Å². The molecule has 0 unspecified atom stereocenters. The van der Waals surface area contributed by atoms with Gasteiger partial charge in [0.1, 0.15) is 11.4 Å². The highest BCUT2D eigenvalue weighted by molar-refractivity contribution is 6.03. The van der Waals surface area contributed by atoms with Crippen molar-refractivity contribution in [1.82, 2.24) is 14.6 Å². The van der Waals surface area contributed by atoms with Crippen LogP contribution in [0.25, 0.3) is 17.1 Å². The molecule has 3 aromatic heterocycles. The third kappa shape index (κ3) is 3.60. The van der Waals surface area contributed by atoms with Crippen molar-refractivity contribution in [2.75, 3.05) is 12.4 Å². The lowest BCUT2D eigenvalue weighted by Gasteiger charge is -2.08. The Kier molecular flexibility index (Phi) is 4.82. The smallest absolute Gasteiger partial charge is 0.337 e. The molecular formula is C21H18N4O4. The van der Waals surface area contributed by atoms with Crippen molar-refractivity contribution in [3.05, 3.63) is 71.7 Å². The van der Waals surface area contributed by atoms with Crippen LogP contribution in [-0.2, 0) is 11.2 Å². The predicted molar refractivity (Wildman–Crippen MR) is 106 cm³/mol. The van der Waals surface area contributed by atoms with Gasteiger partial charge >= 0.3 is 5.97 Å². The molecule has 1 N–H and O–H groups in total. The van der Waals surface area contributed by atoms with Gasteiger partial charge in [-0.2, -0.15) is 5.10 Å². The fourth-order valence-electron chi connectivity index (χ4n) is 2.95. The van der Waals surface area contributed by atoms with Crippen molar-refractivity contribution in [2.45, 2.75) is 13.3 Å². The SMILES string of the molecule is CCc1cc(C(=O)Nc2ccc(C(=O)OC)cc2)nc2cc(-c3ccco3)nn12. The molecule has 4 aromatic rings. The molecule has 0 radical (unpaired) electrons. The summed E-state index contributed by atoms with van der Waals surface area (Å²) in [6, 6.07) is 13.5. The molecular weight excluding hydrogens is 372 g/mol. The minimum atomic E-state index is -0.435. The number of esters is 1. The van der Waals surface area contributed by atoms with E-state index in [1.165, 1.54) is 7.11 Å². The van der Waals surface area contributed by atoms with Crippen molar-refractivity contribution in [3.63, 3.8) is 0 Å². The first kappa shape index (κ1) is 18.4. The Bertz CT molecular complexity index is 1180. The van der Waals surface area contributed by atoms with E-state index < -0.39 is 5.97 Å². The minimum absolute atomic E-state index is 0.275. The molecule has 0 bridgehead atoms. The van der Waals surface area contributed by atoms with Crippen LogP contribution >= 0.6 is 0 Å². The average molecular weight is 390 g/mol. The highest BCUT2D eigenvalue weighted by atomic mass is 16.5. The van der Waals surface area contributed by atoms with Crippen molar-refractivity contribution in [2.24, 2.45) is 0 Å². The number of methoxy groups -OCH3 is 1. The van der Waals surface area contributed by atoms with Crippen molar-refractivity contribution < 1.29 is 18.7 Å². The van der Waals surface area contributed by atoms with Gasteiger partial charge in [-0.25, -0.2) is 14.3 Å². The average Bonchev–Trinajstić information content (AvgIpc) is 3.42. The molecule has 29 heavy (non-hydrogen) atoms. The van der Waals surface area contributed by atoms with E-state index in [-0.39, 0.29) is 11.6 Å². The summed E-state index contributed by atoms with van der Waals surface area (Å²) in [4.78, 5) is 28.7. The summed E-state index contributed by atoms with van der Waals surface area (Å²) < 4.78 is 11.8. The van der Waals surface area contributed by atoms with Crippen LogP contribution in [0.4, 0.5) is 5.69 Å². The quantitative estimate of drug-likeness (QED) is 0.523. The maximum absolute atomic E-state index is 12.7. The van der Waals surface area contributed by atoms with Gasteiger partial charge in [0.15, 0.2) is 11.4 Å². The molecule has 0 aliphatic rings. The van der Waals surface area contributed by atoms with E-state index in [0.717, 1.165) is 5.69 Å². The molecule has 0 fully saturated rings. The molecule has 0 saturated heterocycles. The van der Waals surface area contributed by atoms with Crippen LogP contribution in [0.15, 0.2) is 59.2 Å².